The Bertz CT molecular complexity index is 1620. The number of nitrogens with zero attached hydrogens (tertiary/aromatic N) is 1. The number of cyclic esters (lactones) is 1. The van der Waals surface area contributed by atoms with E-state index in [2.05, 4.69) is 10.3 Å². The van der Waals surface area contributed by atoms with Gasteiger partial charge in [-0.1, -0.05) is 12.2 Å². The summed E-state index contributed by atoms with van der Waals surface area (Å²) in [6.07, 6.45) is 6.34. The van der Waals surface area contributed by atoms with Gasteiger partial charge in [0.15, 0.2) is 11.5 Å². The van der Waals surface area contributed by atoms with Crippen molar-refractivity contribution in [2.45, 2.75) is 77.2 Å². The van der Waals surface area contributed by atoms with E-state index in [0.717, 1.165) is 10.7 Å². The molecule has 2 aromatic carbocycles. The Morgan fingerprint density at radius 1 is 1.08 bits per heavy atom. The Labute approximate surface area is 284 Å². The van der Waals surface area contributed by atoms with E-state index in [9.17, 15) is 24.6 Å². The topological polar surface area (TPSA) is 154 Å². The first-order chi connectivity index (χ1) is 23.1. The molecule has 0 spiro atoms. The average molecular weight is 681 g/mol. The lowest BCUT2D eigenvalue weighted by atomic mass is 9.84. The van der Waals surface area contributed by atoms with E-state index in [0.29, 0.717) is 74.3 Å². The number of ether oxygens (including phenoxy) is 4. The monoisotopic (exact) mass is 680 g/mol. The molecule has 2 unspecified atom stereocenters. The van der Waals surface area contributed by atoms with E-state index < -0.39 is 23.7 Å². The molecule has 12 heteroatoms. The molecule has 1 aliphatic heterocycles. The standard InChI is InChI=1S/C36H44N2O9S/c1-21-20-48-31(38-21)14-15-37-30(41)19-26(24-17-28(44-3)35(46-5)29(18-24)45-4)33-27(40)16-23-11-7-6-8-12-25(39)13-9-10-22(2)47-36(43)32(23)34(33)42/h7,11,16-18,20,22,26,40,42H,6,8-10,12-15,19H2,1-5H3,(H,37,41). The van der Waals surface area contributed by atoms with Crippen molar-refractivity contribution in [1.29, 1.82) is 0 Å². The molecule has 0 fully saturated rings. The number of methoxy groups -OCH3 is 3. The molecule has 2 atom stereocenters. The summed E-state index contributed by atoms with van der Waals surface area (Å²) >= 11 is 1.52. The van der Waals surface area contributed by atoms with Gasteiger partial charge in [0.2, 0.25) is 11.7 Å². The highest BCUT2D eigenvalue weighted by molar-refractivity contribution is 7.09. The molecule has 0 saturated heterocycles. The third kappa shape index (κ3) is 9.06. The van der Waals surface area contributed by atoms with Crippen LogP contribution >= 0.6 is 11.3 Å². The molecule has 2 heterocycles. The number of allylic oxidation sites excluding steroid dienone is 1. The smallest absolute Gasteiger partial charge is 0.342 e. The van der Waals surface area contributed by atoms with Gasteiger partial charge < -0.3 is 34.5 Å². The highest BCUT2D eigenvalue weighted by atomic mass is 32.1. The largest absolute Gasteiger partial charge is 0.507 e. The fourth-order valence-corrected chi connectivity index (χ4v) is 6.57. The number of phenolic OH excluding ortho intramolecular Hbond substituents is 2. The van der Waals surface area contributed by atoms with Gasteiger partial charge in [-0.3, -0.25) is 9.59 Å². The molecule has 1 amide bonds. The Morgan fingerprint density at radius 2 is 1.79 bits per heavy atom. The molecule has 1 aromatic heterocycles. The zero-order chi connectivity index (χ0) is 34.8. The maximum atomic E-state index is 13.7. The number of esters is 1. The summed E-state index contributed by atoms with van der Waals surface area (Å²) in [5.74, 6) is -1.81. The van der Waals surface area contributed by atoms with E-state index in [1.54, 1.807) is 31.2 Å². The van der Waals surface area contributed by atoms with Crippen LogP contribution in [-0.2, 0) is 20.7 Å². The minimum atomic E-state index is -0.959. The summed E-state index contributed by atoms with van der Waals surface area (Å²) in [7, 11) is 4.39. The number of aryl methyl sites for hydroxylation is 1. The number of aromatic nitrogens is 1. The Morgan fingerprint density at radius 3 is 2.44 bits per heavy atom. The van der Waals surface area contributed by atoms with Gasteiger partial charge >= 0.3 is 5.97 Å². The average Bonchev–Trinajstić information content (AvgIpc) is 3.47. The number of carbonyl (C=O) groups is 3. The van der Waals surface area contributed by atoms with Crippen molar-refractivity contribution in [1.82, 2.24) is 10.3 Å². The lowest BCUT2D eigenvalue weighted by Gasteiger charge is -2.24. The van der Waals surface area contributed by atoms with Crippen molar-refractivity contribution in [3.8, 4) is 28.7 Å². The molecule has 0 aliphatic carbocycles. The zero-order valence-electron chi connectivity index (χ0n) is 28.1. The van der Waals surface area contributed by atoms with Crippen molar-refractivity contribution in [2.75, 3.05) is 27.9 Å². The number of amides is 1. The second-order valence-corrected chi connectivity index (χ2v) is 12.7. The van der Waals surface area contributed by atoms with E-state index in [1.165, 1.54) is 38.7 Å². The van der Waals surface area contributed by atoms with Crippen molar-refractivity contribution < 1.29 is 43.5 Å². The van der Waals surface area contributed by atoms with E-state index in [1.807, 2.05) is 12.3 Å². The van der Waals surface area contributed by atoms with Crippen LogP contribution in [0.15, 0.2) is 29.7 Å². The number of ketones is 1. The van der Waals surface area contributed by atoms with Crippen LogP contribution in [0.5, 0.6) is 28.7 Å². The molecule has 258 valence electrons. The number of fused-ring (bicyclic) bond motifs is 1. The first-order valence-electron chi connectivity index (χ1n) is 16.0. The fourth-order valence-electron chi connectivity index (χ4n) is 5.79. The van der Waals surface area contributed by atoms with Crippen LogP contribution in [0.2, 0.25) is 0 Å². The van der Waals surface area contributed by atoms with Crippen molar-refractivity contribution in [3.05, 3.63) is 62.6 Å². The normalized spacial score (nSPS) is 16.3. The second-order valence-electron chi connectivity index (χ2n) is 11.8. The van der Waals surface area contributed by atoms with Gasteiger partial charge in [-0.05, 0) is 68.9 Å². The Kier molecular flexibility index (Phi) is 12.8. The molecular formula is C36H44N2O9S. The van der Waals surface area contributed by atoms with Crippen LogP contribution in [0.4, 0.5) is 0 Å². The summed E-state index contributed by atoms with van der Waals surface area (Å²) in [6.45, 7) is 3.97. The molecule has 0 radical (unpaired) electrons. The fraction of sp³-hybridized carbons (Fsp3) is 0.444. The van der Waals surface area contributed by atoms with Gasteiger partial charge in [0.05, 0.1) is 32.4 Å². The maximum Gasteiger partial charge on any atom is 0.342 e. The highest BCUT2D eigenvalue weighted by Crippen LogP contribution is 2.47. The minimum Gasteiger partial charge on any atom is -0.507 e. The van der Waals surface area contributed by atoms with E-state index in [-0.39, 0.29) is 40.6 Å². The molecule has 11 nitrogen and oxygen atoms in total. The van der Waals surface area contributed by atoms with Crippen molar-refractivity contribution >= 4 is 35.1 Å². The molecule has 3 aromatic rings. The lowest BCUT2D eigenvalue weighted by Crippen LogP contribution is -2.27. The number of thiazole rings is 1. The minimum absolute atomic E-state index is 0.0292. The number of nitrogens with one attached hydrogen (secondary N) is 1. The van der Waals surface area contributed by atoms with Gasteiger partial charge in [0, 0.05) is 54.8 Å². The molecule has 3 N–H and O–H groups in total. The van der Waals surface area contributed by atoms with Crippen LogP contribution < -0.4 is 19.5 Å². The van der Waals surface area contributed by atoms with E-state index >= 15 is 0 Å². The maximum absolute atomic E-state index is 13.7. The number of aromatic hydroxyl groups is 2. The van der Waals surface area contributed by atoms with Crippen LogP contribution in [0.3, 0.4) is 0 Å². The number of carbonyl (C=O) groups excluding carboxylic acids is 3. The van der Waals surface area contributed by atoms with Crippen LogP contribution in [-0.4, -0.2) is 66.8 Å². The van der Waals surface area contributed by atoms with E-state index in [4.69, 9.17) is 18.9 Å². The number of Topliss-reactive ketones (excluding diaryl/α,β-unsaturated/α-hetero) is 1. The van der Waals surface area contributed by atoms with Crippen LogP contribution in [0.1, 0.15) is 95.5 Å². The third-order valence-corrected chi connectivity index (χ3v) is 9.23. The predicted octanol–water partition coefficient (Wildman–Crippen LogP) is 6.25. The third-order valence-electron chi connectivity index (χ3n) is 8.21. The van der Waals surface area contributed by atoms with Crippen LogP contribution in [0, 0.1) is 6.92 Å². The molecule has 4 rings (SSSR count). The van der Waals surface area contributed by atoms with Gasteiger partial charge in [-0.2, -0.15) is 0 Å². The Hall–Kier alpha value is -4.58. The summed E-state index contributed by atoms with van der Waals surface area (Å²) in [6, 6.07) is 4.67. The summed E-state index contributed by atoms with van der Waals surface area (Å²) in [5, 5.41) is 29.1. The van der Waals surface area contributed by atoms with Crippen molar-refractivity contribution in [3.63, 3.8) is 0 Å². The number of rotatable bonds is 10. The summed E-state index contributed by atoms with van der Waals surface area (Å²) in [5.41, 5.74) is 1.47. The van der Waals surface area contributed by atoms with Crippen molar-refractivity contribution in [2.24, 2.45) is 0 Å². The summed E-state index contributed by atoms with van der Waals surface area (Å²) in [4.78, 5) is 43.8. The molecule has 0 bridgehead atoms. The lowest BCUT2D eigenvalue weighted by molar-refractivity contribution is -0.121. The highest BCUT2D eigenvalue weighted by Gasteiger charge is 2.32. The number of phenols is 2. The Balaban J connectivity index is 1.80. The van der Waals surface area contributed by atoms with Gasteiger partial charge in [0.25, 0.3) is 0 Å². The van der Waals surface area contributed by atoms with Gasteiger partial charge in [-0.15, -0.1) is 11.3 Å². The summed E-state index contributed by atoms with van der Waals surface area (Å²) < 4.78 is 22.4. The van der Waals surface area contributed by atoms with Gasteiger partial charge in [0.1, 0.15) is 22.8 Å². The SMILES string of the molecule is COc1cc(C(CC(=O)NCCc2nc(C)cs2)c2c(O)cc3c(c2O)C(=O)OC(C)CCCC(=O)CCCC=C3)cc(OC)c1OC. The molecule has 0 saturated carbocycles. The molecule has 1 aliphatic rings. The first-order valence-corrected chi connectivity index (χ1v) is 16.9. The molecular weight excluding hydrogens is 636 g/mol. The van der Waals surface area contributed by atoms with Crippen LogP contribution in [0.25, 0.3) is 6.08 Å². The first kappa shape index (κ1) is 36.3. The number of hydrogen-bond acceptors (Lipinski definition) is 11. The molecule has 48 heavy (non-hydrogen) atoms. The van der Waals surface area contributed by atoms with Gasteiger partial charge in [-0.25, -0.2) is 9.78 Å². The predicted molar refractivity (Wildman–Crippen MR) is 183 cm³/mol. The zero-order valence-corrected chi connectivity index (χ0v) is 28.9. The second kappa shape index (κ2) is 17.0. The number of benzene rings is 2. The number of hydrogen-bond donors (Lipinski definition) is 3. The quantitative estimate of drug-likeness (QED) is 0.209.